The van der Waals surface area contributed by atoms with Gasteiger partial charge in [-0.05, 0) is 81.8 Å². The highest BCUT2D eigenvalue weighted by Gasteiger charge is 2.36. The van der Waals surface area contributed by atoms with Gasteiger partial charge in [0.15, 0.2) is 0 Å². The zero-order chi connectivity index (χ0) is 29.5. The monoisotopic (exact) mass is 551 g/mol. The van der Waals surface area contributed by atoms with Gasteiger partial charge >= 0.3 is 12.0 Å². The molecule has 0 saturated carbocycles. The number of piperidine rings is 1. The second kappa shape index (κ2) is 17.4. The van der Waals surface area contributed by atoms with Crippen molar-refractivity contribution in [2.45, 2.75) is 66.3 Å². The first-order valence-corrected chi connectivity index (χ1v) is 14.8. The molecule has 0 aliphatic carbocycles. The van der Waals surface area contributed by atoms with Crippen molar-refractivity contribution < 1.29 is 19.1 Å². The van der Waals surface area contributed by atoms with Crippen molar-refractivity contribution in [2.24, 2.45) is 5.92 Å². The summed E-state index contributed by atoms with van der Waals surface area (Å²) in [6.45, 7) is 21.8. The molecule has 1 fully saturated rings. The minimum atomic E-state index is -0.566. The Labute approximate surface area is 241 Å². The summed E-state index contributed by atoms with van der Waals surface area (Å²) in [6.07, 6.45) is 9.67. The predicted molar refractivity (Wildman–Crippen MR) is 163 cm³/mol. The molecule has 0 spiro atoms. The second-order valence-electron chi connectivity index (χ2n) is 9.86. The van der Waals surface area contributed by atoms with E-state index in [-0.39, 0.29) is 12.6 Å². The van der Waals surface area contributed by atoms with Gasteiger partial charge in [-0.1, -0.05) is 64.3 Å². The Morgan fingerprint density at radius 1 is 1.12 bits per heavy atom. The second-order valence-corrected chi connectivity index (χ2v) is 9.86. The number of hydrogen-bond donors (Lipinski definition) is 1. The first-order valence-electron chi connectivity index (χ1n) is 14.8. The number of carbonyl (C=O) groups excluding carboxylic acids is 2. The third-order valence-electron chi connectivity index (χ3n) is 7.25. The van der Waals surface area contributed by atoms with E-state index in [2.05, 4.69) is 30.3 Å². The van der Waals surface area contributed by atoms with Crippen LogP contribution in [-0.2, 0) is 9.53 Å². The minimum absolute atomic E-state index is 0.186. The molecule has 1 N–H and O–H groups in total. The first-order chi connectivity index (χ1) is 19.4. The molecule has 1 aromatic rings. The summed E-state index contributed by atoms with van der Waals surface area (Å²) in [4.78, 5) is 30.4. The van der Waals surface area contributed by atoms with Gasteiger partial charge in [-0.15, -0.1) is 0 Å². The summed E-state index contributed by atoms with van der Waals surface area (Å²) in [6, 6.07) is 6.79. The van der Waals surface area contributed by atoms with Crippen LogP contribution in [0.1, 0.15) is 71.9 Å². The van der Waals surface area contributed by atoms with Crippen LogP contribution >= 0.6 is 0 Å². The maximum Gasteiger partial charge on any atom is 0.338 e. The van der Waals surface area contributed by atoms with E-state index in [1.807, 2.05) is 57.2 Å². The van der Waals surface area contributed by atoms with Crippen molar-refractivity contribution in [3.63, 3.8) is 0 Å². The van der Waals surface area contributed by atoms with Gasteiger partial charge in [-0.3, -0.25) is 9.80 Å². The van der Waals surface area contributed by atoms with E-state index in [4.69, 9.17) is 9.47 Å². The van der Waals surface area contributed by atoms with Crippen LogP contribution in [0.4, 0.5) is 4.79 Å². The van der Waals surface area contributed by atoms with Gasteiger partial charge in [0.05, 0.1) is 24.8 Å². The largest absolute Gasteiger partial charge is 0.494 e. The summed E-state index contributed by atoms with van der Waals surface area (Å²) in [5.41, 5.74) is 3.13. The lowest BCUT2D eigenvalue weighted by atomic mass is 9.92. The van der Waals surface area contributed by atoms with Crippen LogP contribution in [0.5, 0.6) is 5.75 Å². The number of allylic oxidation sites excluding steroid dienone is 3. The first kappa shape index (κ1) is 32.9. The van der Waals surface area contributed by atoms with Gasteiger partial charge in [-0.2, -0.15) is 0 Å². The number of likely N-dealkylation sites (tertiary alicyclic amines) is 1. The Bertz CT molecular complexity index is 1040. The Kier molecular flexibility index (Phi) is 14.3. The molecular formula is C33H49N3O4. The van der Waals surface area contributed by atoms with E-state index in [1.54, 1.807) is 17.9 Å². The highest BCUT2D eigenvalue weighted by molar-refractivity contribution is 5.95. The standard InChI is InChI=1S/C31H43N3O4.C2H6/c1-6-10-24(8-3)22-33-18-15-25(16-19-33)17-20-34-23(5)28(30(35)37-9-4)29(32-31(34)36)26-11-13-27(14-12-26)38-21-7-2;1-2/h6,8,10-14,25,29H,1,3,7,9,15-22H2,2,4-5H3,(H,32,36);1-2H3/b24-10+;. The Morgan fingerprint density at radius 2 is 1.80 bits per heavy atom. The summed E-state index contributed by atoms with van der Waals surface area (Å²) in [5, 5.41) is 3.06. The molecule has 7 heteroatoms. The summed E-state index contributed by atoms with van der Waals surface area (Å²) in [5.74, 6) is 0.897. The van der Waals surface area contributed by atoms with E-state index < -0.39 is 12.0 Å². The number of ether oxygens (including phenoxy) is 2. The number of hydrogen-bond acceptors (Lipinski definition) is 5. The maximum atomic E-state index is 13.2. The third kappa shape index (κ3) is 9.12. The van der Waals surface area contributed by atoms with Crippen LogP contribution in [-0.4, -0.2) is 61.2 Å². The minimum Gasteiger partial charge on any atom is -0.494 e. The zero-order valence-corrected chi connectivity index (χ0v) is 25.2. The number of benzene rings is 1. The molecule has 40 heavy (non-hydrogen) atoms. The number of amides is 2. The molecular weight excluding hydrogens is 502 g/mol. The normalized spacial score (nSPS) is 18.4. The van der Waals surface area contributed by atoms with Gasteiger partial charge in [0.25, 0.3) is 0 Å². The van der Waals surface area contributed by atoms with Gasteiger partial charge in [0.1, 0.15) is 5.75 Å². The Balaban J connectivity index is 0.00000274. The number of esters is 1. The van der Waals surface area contributed by atoms with Crippen molar-refractivity contribution in [1.82, 2.24) is 15.1 Å². The fourth-order valence-corrected chi connectivity index (χ4v) is 5.09. The lowest BCUT2D eigenvalue weighted by molar-refractivity contribution is -0.139. The van der Waals surface area contributed by atoms with E-state index in [0.717, 1.165) is 56.6 Å². The molecule has 220 valence electrons. The molecule has 0 radical (unpaired) electrons. The fourth-order valence-electron chi connectivity index (χ4n) is 5.09. The molecule has 2 amide bonds. The number of rotatable bonds is 13. The van der Waals surface area contributed by atoms with Crippen LogP contribution in [0.3, 0.4) is 0 Å². The molecule has 1 aromatic carbocycles. The Morgan fingerprint density at radius 3 is 2.38 bits per heavy atom. The van der Waals surface area contributed by atoms with Crippen molar-refractivity contribution in [3.05, 3.63) is 78.1 Å². The number of nitrogens with zero attached hydrogens (tertiary/aromatic N) is 2. The van der Waals surface area contributed by atoms with Crippen LogP contribution in [0.2, 0.25) is 0 Å². The molecule has 3 rings (SSSR count). The van der Waals surface area contributed by atoms with Gasteiger partial charge < -0.3 is 14.8 Å². The van der Waals surface area contributed by atoms with Crippen molar-refractivity contribution >= 4 is 12.0 Å². The zero-order valence-electron chi connectivity index (χ0n) is 25.2. The molecule has 1 unspecified atom stereocenters. The highest BCUT2D eigenvalue weighted by Crippen LogP contribution is 2.33. The summed E-state index contributed by atoms with van der Waals surface area (Å²) >= 11 is 0. The molecule has 2 aliphatic rings. The molecule has 2 aliphatic heterocycles. The van der Waals surface area contributed by atoms with E-state index in [1.165, 1.54) is 5.57 Å². The van der Waals surface area contributed by atoms with Crippen LogP contribution in [0, 0.1) is 5.92 Å². The third-order valence-corrected chi connectivity index (χ3v) is 7.25. The topological polar surface area (TPSA) is 71.1 Å². The molecule has 7 nitrogen and oxygen atoms in total. The SMILES string of the molecule is C=C/C=C(\C=C)CN1CCC(CCN2C(=O)NC(c3ccc(OCCC)cc3)C(C(=O)OCC)=C2C)CC1.CC. The van der Waals surface area contributed by atoms with Crippen LogP contribution in [0.25, 0.3) is 0 Å². The quantitative estimate of drug-likeness (QED) is 0.216. The molecule has 2 heterocycles. The van der Waals surface area contributed by atoms with Gasteiger partial charge in [0.2, 0.25) is 0 Å². The molecule has 0 bridgehead atoms. The highest BCUT2D eigenvalue weighted by atomic mass is 16.5. The van der Waals surface area contributed by atoms with Gasteiger partial charge in [-0.25, -0.2) is 9.59 Å². The van der Waals surface area contributed by atoms with Crippen molar-refractivity contribution in [2.75, 3.05) is 39.4 Å². The van der Waals surface area contributed by atoms with Crippen LogP contribution in [0.15, 0.2) is 72.5 Å². The Hall–Kier alpha value is -3.32. The van der Waals surface area contributed by atoms with Crippen molar-refractivity contribution in [1.29, 1.82) is 0 Å². The van der Waals surface area contributed by atoms with Crippen molar-refractivity contribution in [3.8, 4) is 5.75 Å². The molecule has 1 atom stereocenters. The number of nitrogens with one attached hydrogen (secondary N) is 1. The number of carbonyl (C=O) groups is 2. The molecule has 1 saturated heterocycles. The maximum absolute atomic E-state index is 13.2. The van der Waals surface area contributed by atoms with E-state index >= 15 is 0 Å². The average molecular weight is 552 g/mol. The molecule has 0 aromatic heterocycles. The average Bonchev–Trinajstić information content (AvgIpc) is 2.97. The number of urea groups is 1. The lowest BCUT2D eigenvalue weighted by Crippen LogP contribution is -2.48. The predicted octanol–water partition coefficient (Wildman–Crippen LogP) is 6.81. The van der Waals surface area contributed by atoms with E-state index in [0.29, 0.717) is 30.3 Å². The fraction of sp³-hybridized carbons (Fsp3) is 0.515. The van der Waals surface area contributed by atoms with E-state index in [9.17, 15) is 9.59 Å². The summed E-state index contributed by atoms with van der Waals surface area (Å²) in [7, 11) is 0. The summed E-state index contributed by atoms with van der Waals surface area (Å²) < 4.78 is 11.1. The smallest absolute Gasteiger partial charge is 0.338 e. The van der Waals surface area contributed by atoms with Gasteiger partial charge in [0, 0.05) is 18.8 Å². The van der Waals surface area contributed by atoms with Crippen LogP contribution < -0.4 is 10.1 Å². The lowest BCUT2D eigenvalue weighted by Gasteiger charge is -2.37.